The van der Waals surface area contributed by atoms with Gasteiger partial charge in [0.15, 0.2) is 0 Å². The number of esters is 1. The molecule has 0 radical (unpaired) electrons. The number of carbonyl (C=O) groups excluding carboxylic acids is 2. The van der Waals surface area contributed by atoms with E-state index < -0.39 is 0 Å². The summed E-state index contributed by atoms with van der Waals surface area (Å²) >= 11 is 0. The summed E-state index contributed by atoms with van der Waals surface area (Å²) in [6.07, 6.45) is 0.231. The maximum Gasteiger partial charge on any atom is 0.310 e. The van der Waals surface area contributed by atoms with Crippen molar-refractivity contribution in [2.75, 3.05) is 13.2 Å². The molecular formula is C18H19NO3. The van der Waals surface area contributed by atoms with E-state index in [1.54, 1.807) is 0 Å². The average Bonchev–Trinajstić information content (AvgIpc) is 2.53. The van der Waals surface area contributed by atoms with E-state index in [0.29, 0.717) is 6.54 Å². The molecule has 0 fully saturated rings. The van der Waals surface area contributed by atoms with Gasteiger partial charge in [-0.1, -0.05) is 54.6 Å². The molecule has 0 saturated heterocycles. The van der Waals surface area contributed by atoms with Crippen molar-refractivity contribution in [3.05, 3.63) is 60.2 Å². The molecule has 1 N–H and O–H groups in total. The first-order chi connectivity index (χ1) is 10.6. The number of hydrogen-bond acceptors (Lipinski definition) is 3. The first-order valence-electron chi connectivity index (χ1n) is 7.19. The fourth-order valence-electron chi connectivity index (χ4n) is 2.06. The third kappa shape index (κ3) is 5.05. The molecule has 1 amide bonds. The predicted molar refractivity (Wildman–Crippen MR) is 85.2 cm³/mol. The average molecular weight is 297 g/mol. The molecule has 0 atom stereocenters. The van der Waals surface area contributed by atoms with Gasteiger partial charge < -0.3 is 10.1 Å². The van der Waals surface area contributed by atoms with E-state index in [9.17, 15) is 9.59 Å². The number of hydrogen-bond donors (Lipinski definition) is 1. The van der Waals surface area contributed by atoms with E-state index in [0.717, 1.165) is 16.7 Å². The number of amides is 1. The second-order valence-corrected chi connectivity index (χ2v) is 4.94. The molecule has 0 bridgehead atoms. The van der Waals surface area contributed by atoms with Crippen molar-refractivity contribution in [3.8, 4) is 11.1 Å². The molecule has 2 aromatic rings. The van der Waals surface area contributed by atoms with Gasteiger partial charge in [-0.25, -0.2) is 0 Å². The van der Waals surface area contributed by atoms with E-state index in [4.69, 9.17) is 4.74 Å². The van der Waals surface area contributed by atoms with Crippen LogP contribution in [0.2, 0.25) is 0 Å². The molecular weight excluding hydrogens is 278 g/mol. The van der Waals surface area contributed by atoms with Gasteiger partial charge in [-0.3, -0.25) is 9.59 Å². The maximum atomic E-state index is 11.7. The quantitative estimate of drug-likeness (QED) is 0.658. The number of benzene rings is 2. The molecule has 22 heavy (non-hydrogen) atoms. The summed E-state index contributed by atoms with van der Waals surface area (Å²) in [5.41, 5.74) is 3.17. The van der Waals surface area contributed by atoms with Gasteiger partial charge >= 0.3 is 5.97 Å². The molecule has 114 valence electrons. The van der Waals surface area contributed by atoms with Crippen LogP contribution in [0, 0.1) is 0 Å². The van der Waals surface area contributed by atoms with E-state index in [2.05, 4.69) is 5.32 Å². The third-order valence-corrected chi connectivity index (χ3v) is 3.15. The van der Waals surface area contributed by atoms with Crippen LogP contribution in [0.25, 0.3) is 11.1 Å². The topological polar surface area (TPSA) is 55.4 Å². The second-order valence-electron chi connectivity index (χ2n) is 4.94. The number of ether oxygens (including phenoxy) is 1. The van der Waals surface area contributed by atoms with E-state index >= 15 is 0 Å². The van der Waals surface area contributed by atoms with Crippen LogP contribution in [0.4, 0.5) is 0 Å². The molecule has 0 aliphatic carbocycles. The minimum atomic E-state index is -0.294. The van der Waals surface area contributed by atoms with Gasteiger partial charge in [0, 0.05) is 6.92 Å². The Morgan fingerprint density at radius 1 is 0.955 bits per heavy atom. The second kappa shape index (κ2) is 7.98. The summed E-state index contributed by atoms with van der Waals surface area (Å²) in [4.78, 5) is 22.4. The Labute approximate surface area is 130 Å². The van der Waals surface area contributed by atoms with Gasteiger partial charge in [-0.2, -0.15) is 0 Å². The number of nitrogens with one attached hydrogen (secondary N) is 1. The Bertz CT molecular complexity index is 621. The van der Waals surface area contributed by atoms with Crippen LogP contribution < -0.4 is 5.32 Å². The number of carbonyl (C=O) groups is 2. The van der Waals surface area contributed by atoms with Crippen molar-refractivity contribution in [2.45, 2.75) is 13.3 Å². The van der Waals surface area contributed by atoms with Crippen molar-refractivity contribution in [1.82, 2.24) is 5.32 Å². The summed E-state index contributed by atoms with van der Waals surface area (Å²) in [6.45, 7) is 1.96. The van der Waals surface area contributed by atoms with Crippen molar-refractivity contribution >= 4 is 11.9 Å². The minimum absolute atomic E-state index is 0.132. The highest BCUT2D eigenvalue weighted by atomic mass is 16.5. The zero-order chi connectivity index (χ0) is 15.8. The highest BCUT2D eigenvalue weighted by Gasteiger charge is 2.05. The summed E-state index contributed by atoms with van der Waals surface area (Å²) < 4.78 is 5.06. The van der Waals surface area contributed by atoms with Crippen molar-refractivity contribution in [1.29, 1.82) is 0 Å². The van der Waals surface area contributed by atoms with Gasteiger partial charge in [0.25, 0.3) is 0 Å². The van der Waals surface area contributed by atoms with Crippen LogP contribution in [0.5, 0.6) is 0 Å². The normalized spacial score (nSPS) is 10.0. The summed E-state index contributed by atoms with van der Waals surface area (Å²) in [7, 11) is 0. The van der Waals surface area contributed by atoms with Crippen molar-refractivity contribution in [2.24, 2.45) is 0 Å². The molecule has 2 aromatic carbocycles. The molecule has 0 aliphatic rings. The van der Waals surface area contributed by atoms with Crippen LogP contribution in [0.1, 0.15) is 12.5 Å². The fourth-order valence-corrected chi connectivity index (χ4v) is 2.06. The van der Waals surface area contributed by atoms with Gasteiger partial charge in [-0.15, -0.1) is 0 Å². The van der Waals surface area contributed by atoms with Crippen molar-refractivity contribution < 1.29 is 14.3 Å². The maximum absolute atomic E-state index is 11.7. The van der Waals surface area contributed by atoms with E-state index in [-0.39, 0.29) is 24.9 Å². The molecule has 0 aliphatic heterocycles. The summed E-state index contributed by atoms with van der Waals surface area (Å²) in [5.74, 6) is -0.426. The highest BCUT2D eigenvalue weighted by Crippen LogP contribution is 2.19. The minimum Gasteiger partial charge on any atom is -0.464 e. The van der Waals surface area contributed by atoms with Crippen LogP contribution in [0.15, 0.2) is 54.6 Å². The zero-order valence-corrected chi connectivity index (χ0v) is 12.5. The molecule has 0 aromatic heterocycles. The lowest BCUT2D eigenvalue weighted by Crippen LogP contribution is -2.25. The third-order valence-electron chi connectivity index (χ3n) is 3.15. The molecule has 4 nitrogen and oxygen atoms in total. The fraction of sp³-hybridized carbons (Fsp3) is 0.222. The van der Waals surface area contributed by atoms with Gasteiger partial charge in [0.1, 0.15) is 6.61 Å². The zero-order valence-electron chi connectivity index (χ0n) is 12.5. The van der Waals surface area contributed by atoms with Crippen LogP contribution in [-0.2, 0) is 20.7 Å². The molecule has 4 heteroatoms. The predicted octanol–water partition coefficient (Wildman–Crippen LogP) is 2.58. The van der Waals surface area contributed by atoms with Gasteiger partial charge in [-0.05, 0) is 16.7 Å². The SMILES string of the molecule is CC(=O)NCCOC(=O)Cc1ccc(-c2ccccc2)cc1. The lowest BCUT2D eigenvalue weighted by Gasteiger charge is -2.06. The van der Waals surface area contributed by atoms with Crippen molar-refractivity contribution in [3.63, 3.8) is 0 Å². The first-order valence-corrected chi connectivity index (χ1v) is 7.19. The lowest BCUT2D eigenvalue weighted by molar-refractivity contribution is -0.143. The molecule has 2 rings (SSSR count). The molecule has 0 saturated carbocycles. The van der Waals surface area contributed by atoms with Gasteiger partial charge in [0.05, 0.1) is 13.0 Å². The lowest BCUT2D eigenvalue weighted by atomic mass is 10.0. The Kier molecular flexibility index (Phi) is 5.72. The van der Waals surface area contributed by atoms with E-state index in [1.807, 2.05) is 54.6 Å². The van der Waals surface area contributed by atoms with Gasteiger partial charge in [0.2, 0.25) is 5.91 Å². The smallest absolute Gasteiger partial charge is 0.310 e. The Balaban J connectivity index is 1.83. The highest BCUT2D eigenvalue weighted by molar-refractivity contribution is 5.74. The molecule has 0 spiro atoms. The summed E-state index contributed by atoms with van der Waals surface area (Å²) in [5, 5.41) is 2.57. The number of rotatable bonds is 6. The Hall–Kier alpha value is -2.62. The Morgan fingerprint density at radius 2 is 1.59 bits per heavy atom. The Morgan fingerprint density at radius 3 is 2.23 bits per heavy atom. The van der Waals surface area contributed by atoms with Crippen LogP contribution >= 0.6 is 0 Å². The largest absolute Gasteiger partial charge is 0.464 e. The first kappa shape index (κ1) is 15.8. The standard InChI is InChI=1S/C18H19NO3/c1-14(20)19-11-12-22-18(21)13-15-7-9-17(10-8-15)16-5-3-2-4-6-16/h2-10H,11-13H2,1H3,(H,19,20). The monoisotopic (exact) mass is 297 g/mol. The molecule has 0 unspecified atom stereocenters. The van der Waals surface area contributed by atoms with Crippen LogP contribution in [0.3, 0.4) is 0 Å². The molecule has 0 heterocycles. The van der Waals surface area contributed by atoms with E-state index in [1.165, 1.54) is 6.92 Å². The summed E-state index contributed by atoms with van der Waals surface area (Å²) in [6, 6.07) is 17.9. The van der Waals surface area contributed by atoms with Crippen LogP contribution in [-0.4, -0.2) is 25.0 Å².